The molecule has 0 heterocycles. The van der Waals surface area contributed by atoms with E-state index in [4.69, 9.17) is 14.0 Å². The molecule has 0 atom stereocenters. The van der Waals surface area contributed by atoms with Crippen LogP contribution in [0.5, 0.6) is 5.75 Å². The minimum Gasteiger partial charge on any atom is -0.428 e. The van der Waals surface area contributed by atoms with Crippen LogP contribution in [0.1, 0.15) is 110 Å². The maximum absolute atomic E-state index is 12.2. The van der Waals surface area contributed by atoms with E-state index in [1.165, 1.54) is 44.9 Å². The molecule has 33 heavy (non-hydrogen) atoms. The van der Waals surface area contributed by atoms with Crippen LogP contribution in [0, 0.1) is 0 Å². The Labute approximate surface area is 201 Å². The van der Waals surface area contributed by atoms with Gasteiger partial charge >= 0.3 is 6.16 Å². The number of carbonyl (C=O) groups is 1. The number of aryl methyl sites for hydroxylation is 1. The van der Waals surface area contributed by atoms with Gasteiger partial charge in [0, 0.05) is 0 Å². The summed E-state index contributed by atoms with van der Waals surface area (Å²) in [5.41, 5.74) is 0.522. The number of ether oxygens (including phenoxy) is 2. The third-order valence-corrected chi connectivity index (χ3v) is 6.54. The number of hydrogen-bond acceptors (Lipinski definition) is 5. The highest BCUT2D eigenvalue weighted by Gasteiger charge is 2.23. The summed E-state index contributed by atoms with van der Waals surface area (Å²) >= 11 is 0. The van der Waals surface area contributed by atoms with Crippen molar-refractivity contribution in [3.05, 3.63) is 29.8 Å². The molecule has 6 nitrogen and oxygen atoms in total. The maximum Gasteiger partial charge on any atom is 0.514 e. The molecule has 0 aromatic heterocycles. The lowest BCUT2D eigenvalue weighted by atomic mass is 9.99. The number of unbranched alkanes of at least 4 members (excludes halogenated alkanes) is 10. The van der Waals surface area contributed by atoms with Crippen molar-refractivity contribution in [1.29, 1.82) is 0 Å². The lowest BCUT2D eigenvalue weighted by molar-refractivity contribution is 0.00275. The zero-order valence-corrected chi connectivity index (χ0v) is 21.6. The van der Waals surface area contributed by atoms with Crippen LogP contribution in [0.25, 0.3) is 0 Å². The maximum atomic E-state index is 12.2. The van der Waals surface area contributed by atoms with E-state index in [2.05, 4.69) is 6.92 Å². The highest BCUT2D eigenvalue weighted by molar-refractivity contribution is 7.85. The van der Waals surface area contributed by atoms with E-state index in [0.29, 0.717) is 12.2 Å². The Morgan fingerprint density at radius 1 is 0.848 bits per heavy atom. The van der Waals surface area contributed by atoms with Gasteiger partial charge in [0.05, 0.1) is 5.75 Å². The Morgan fingerprint density at radius 3 is 1.97 bits per heavy atom. The van der Waals surface area contributed by atoms with Crippen LogP contribution in [-0.4, -0.2) is 30.5 Å². The lowest BCUT2D eigenvalue weighted by Gasteiger charge is -2.24. The second-order valence-corrected chi connectivity index (χ2v) is 11.1. The Bertz CT molecular complexity index is 755. The molecule has 1 aromatic rings. The van der Waals surface area contributed by atoms with Gasteiger partial charge in [-0.25, -0.2) is 4.79 Å². The van der Waals surface area contributed by atoms with Gasteiger partial charge in [-0.1, -0.05) is 76.8 Å². The van der Waals surface area contributed by atoms with Gasteiger partial charge in [-0.3, -0.25) is 4.55 Å². The molecule has 1 N–H and O–H groups in total. The van der Waals surface area contributed by atoms with E-state index in [0.717, 1.165) is 44.1 Å². The second-order valence-electron chi connectivity index (χ2n) is 9.53. The molecular formula is C26H44O6S. The molecule has 0 aliphatic carbocycles. The van der Waals surface area contributed by atoms with Crippen LogP contribution in [0.2, 0.25) is 0 Å². The third kappa shape index (κ3) is 16.6. The molecule has 0 fully saturated rings. The number of hydrogen-bond donors (Lipinski definition) is 1. The van der Waals surface area contributed by atoms with Crippen LogP contribution in [0.4, 0.5) is 4.79 Å². The molecule has 0 unspecified atom stereocenters. The standard InChI is InChI=1S/C26H44O6S/c1-4-5-6-7-8-9-10-11-14-21-26(2,3)32-25(27)31-24-19-17-23(18-20-24)16-13-12-15-22-33(28,29)30/h17-20H,4-16,21-22H2,1-3H3,(H,28,29,30). The molecular weight excluding hydrogens is 440 g/mol. The van der Waals surface area contributed by atoms with Gasteiger partial charge in [0.2, 0.25) is 0 Å². The molecule has 0 radical (unpaired) electrons. The zero-order valence-electron chi connectivity index (χ0n) is 20.8. The predicted octanol–water partition coefficient (Wildman–Crippen LogP) is 7.50. The topological polar surface area (TPSA) is 89.9 Å². The third-order valence-electron chi connectivity index (χ3n) is 5.73. The summed E-state index contributed by atoms with van der Waals surface area (Å²) in [5.74, 6) is 0.242. The fourth-order valence-electron chi connectivity index (χ4n) is 3.77. The Hall–Kier alpha value is -1.60. The highest BCUT2D eigenvalue weighted by atomic mass is 32.2. The monoisotopic (exact) mass is 484 g/mol. The summed E-state index contributed by atoms with van der Waals surface area (Å²) < 4.78 is 41.0. The van der Waals surface area contributed by atoms with Crippen molar-refractivity contribution in [1.82, 2.24) is 0 Å². The van der Waals surface area contributed by atoms with Crippen molar-refractivity contribution in [3.8, 4) is 5.75 Å². The van der Waals surface area contributed by atoms with E-state index < -0.39 is 21.9 Å². The van der Waals surface area contributed by atoms with E-state index in [-0.39, 0.29) is 5.75 Å². The van der Waals surface area contributed by atoms with Crippen LogP contribution in [0.15, 0.2) is 24.3 Å². The van der Waals surface area contributed by atoms with E-state index in [1.54, 1.807) is 12.1 Å². The first-order valence-electron chi connectivity index (χ1n) is 12.6. The largest absolute Gasteiger partial charge is 0.514 e. The molecule has 0 bridgehead atoms. The Balaban J connectivity index is 2.21. The number of carbonyl (C=O) groups excluding carboxylic acids is 1. The van der Waals surface area contributed by atoms with Crippen LogP contribution in [-0.2, 0) is 21.3 Å². The van der Waals surface area contributed by atoms with Crippen molar-refractivity contribution >= 4 is 16.3 Å². The zero-order chi connectivity index (χ0) is 24.6. The molecule has 190 valence electrons. The SMILES string of the molecule is CCCCCCCCCCCC(C)(C)OC(=O)Oc1ccc(CCCCCS(=O)(=O)O)cc1. The van der Waals surface area contributed by atoms with Crippen molar-refractivity contribution in [3.63, 3.8) is 0 Å². The molecule has 0 spiro atoms. The summed E-state index contributed by atoms with van der Waals surface area (Å²) in [7, 11) is -3.87. The molecule has 7 heteroatoms. The summed E-state index contributed by atoms with van der Waals surface area (Å²) in [4.78, 5) is 12.2. The average molecular weight is 485 g/mol. The van der Waals surface area contributed by atoms with E-state index in [9.17, 15) is 13.2 Å². The molecule has 0 aliphatic rings. The van der Waals surface area contributed by atoms with Gasteiger partial charge in [0.1, 0.15) is 11.4 Å². The highest BCUT2D eigenvalue weighted by Crippen LogP contribution is 2.22. The summed E-state index contributed by atoms with van der Waals surface area (Å²) in [6.45, 7) is 6.08. The molecule has 1 rings (SSSR count). The van der Waals surface area contributed by atoms with Gasteiger partial charge in [0.15, 0.2) is 0 Å². The molecule has 0 aliphatic heterocycles. The molecule has 0 saturated carbocycles. The fraction of sp³-hybridized carbons (Fsp3) is 0.731. The number of rotatable bonds is 18. The van der Waals surface area contributed by atoms with Crippen LogP contribution < -0.4 is 4.74 Å². The van der Waals surface area contributed by atoms with Gasteiger partial charge in [-0.15, -0.1) is 0 Å². The normalized spacial score (nSPS) is 12.0. The lowest BCUT2D eigenvalue weighted by Crippen LogP contribution is -2.29. The van der Waals surface area contributed by atoms with E-state index in [1.807, 2.05) is 26.0 Å². The van der Waals surface area contributed by atoms with Crippen LogP contribution in [0.3, 0.4) is 0 Å². The molecule has 0 saturated heterocycles. The first-order chi connectivity index (χ1) is 15.6. The second kappa shape index (κ2) is 16.1. The molecule has 1 aromatic carbocycles. The fourth-order valence-corrected chi connectivity index (χ4v) is 4.34. The Morgan fingerprint density at radius 2 is 1.39 bits per heavy atom. The minimum absolute atomic E-state index is 0.197. The van der Waals surface area contributed by atoms with Crippen molar-refractivity contribution in [2.45, 2.75) is 116 Å². The quantitative estimate of drug-likeness (QED) is 0.100. The summed E-state index contributed by atoms with van der Waals surface area (Å²) in [6.07, 6.45) is 14.3. The van der Waals surface area contributed by atoms with Gasteiger partial charge in [-0.2, -0.15) is 8.42 Å². The summed E-state index contributed by atoms with van der Waals surface area (Å²) in [5, 5.41) is 0. The average Bonchev–Trinajstić information content (AvgIpc) is 2.72. The summed E-state index contributed by atoms with van der Waals surface area (Å²) in [6, 6.07) is 7.25. The number of benzene rings is 1. The first kappa shape index (κ1) is 29.4. The first-order valence-corrected chi connectivity index (χ1v) is 14.2. The van der Waals surface area contributed by atoms with Crippen molar-refractivity contribution in [2.24, 2.45) is 0 Å². The van der Waals surface area contributed by atoms with Gasteiger partial charge in [0.25, 0.3) is 10.1 Å². The predicted molar refractivity (Wildman–Crippen MR) is 133 cm³/mol. The van der Waals surface area contributed by atoms with Gasteiger partial charge < -0.3 is 9.47 Å². The Kier molecular flexibility index (Phi) is 14.4. The van der Waals surface area contributed by atoms with Gasteiger partial charge in [-0.05, 0) is 63.6 Å². The van der Waals surface area contributed by atoms with Crippen molar-refractivity contribution in [2.75, 3.05) is 5.75 Å². The van der Waals surface area contributed by atoms with E-state index >= 15 is 0 Å². The molecule has 0 amide bonds. The minimum atomic E-state index is -3.87. The van der Waals surface area contributed by atoms with Crippen LogP contribution >= 0.6 is 0 Å². The smallest absolute Gasteiger partial charge is 0.428 e. The van der Waals surface area contributed by atoms with Crippen molar-refractivity contribution < 1.29 is 27.2 Å².